The molecule has 1 amide bonds. The first kappa shape index (κ1) is 20.6. The van der Waals surface area contributed by atoms with E-state index in [0.717, 1.165) is 28.4 Å². The zero-order valence-electron chi connectivity index (χ0n) is 16.1. The van der Waals surface area contributed by atoms with Gasteiger partial charge in [0.2, 0.25) is 5.91 Å². The highest BCUT2D eigenvalue weighted by atomic mass is 35.5. The largest absolute Gasteiger partial charge is 0.493 e. The Labute approximate surface area is 175 Å². The Bertz CT molecular complexity index is 973. The first-order chi connectivity index (χ1) is 14.1. The van der Waals surface area contributed by atoms with E-state index in [1.807, 2.05) is 73.7 Å². The maximum Gasteiger partial charge on any atom is 0.224 e. The van der Waals surface area contributed by atoms with Crippen molar-refractivity contribution in [2.45, 2.75) is 19.8 Å². The second-order valence-electron chi connectivity index (χ2n) is 6.49. The predicted octanol–water partition coefficient (Wildman–Crippen LogP) is 6.86. The van der Waals surface area contributed by atoms with E-state index in [9.17, 15) is 4.79 Å². The van der Waals surface area contributed by atoms with Crippen LogP contribution in [0.1, 0.15) is 18.4 Å². The maximum atomic E-state index is 12.1. The molecule has 0 bridgehead atoms. The number of rotatable bonds is 8. The molecule has 0 fully saturated rings. The normalized spacial score (nSPS) is 10.8. The number of azo groups is 1. The third kappa shape index (κ3) is 6.73. The molecule has 0 radical (unpaired) electrons. The van der Waals surface area contributed by atoms with Gasteiger partial charge in [-0.2, -0.15) is 10.2 Å². The summed E-state index contributed by atoms with van der Waals surface area (Å²) in [6.45, 7) is 2.41. The van der Waals surface area contributed by atoms with Gasteiger partial charge in [-0.25, -0.2) is 0 Å². The van der Waals surface area contributed by atoms with Crippen LogP contribution in [0.25, 0.3) is 0 Å². The average molecular weight is 408 g/mol. The molecule has 0 unspecified atom stereocenters. The van der Waals surface area contributed by atoms with E-state index < -0.39 is 0 Å². The number of nitrogens with zero attached hydrogens (tertiary/aromatic N) is 2. The minimum absolute atomic E-state index is 0.0555. The van der Waals surface area contributed by atoms with E-state index in [1.54, 1.807) is 6.07 Å². The summed E-state index contributed by atoms with van der Waals surface area (Å²) in [6, 6.07) is 22.3. The lowest BCUT2D eigenvalue weighted by atomic mass is 10.2. The van der Waals surface area contributed by atoms with Crippen LogP contribution in [-0.2, 0) is 4.79 Å². The molecule has 0 spiro atoms. The van der Waals surface area contributed by atoms with E-state index in [-0.39, 0.29) is 5.91 Å². The summed E-state index contributed by atoms with van der Waals surface area (Å²) < 4.78 is 5.71. The Morgan fingerprint density at radius 2 is 1.66 bits per heavy atom. The zero-order valence-corrected chi connectivity index (χ0v) is 16.9. The molecular weight excluding hydrogens is 386 g/mol. The van der Waals surface area contributed by atoms with Crippen LogP contribution in [0.2, 0.25) is 5.02 Å². The Hall–Kier alpha value is -3.18. The van der Waals surface area contributed by atoms with E-state index >= 15 is 0 Å². The standard InChI is InChI=1S/C23H22ClN3O2/c1-17-16-18(24)9-14-22(17)29-15-5-8-23(28)25-19-10-12-21(13-11-19)27-26-20-6-3-2-4-7-20/h2-4,6-7,9-14,16H,5,8,15H2,1H3,(H,25,28). The van der Waals surface area contributed by atoms with Crippen LogP contribution < -0.4 is 10.1 Å². The molecule has 29 heavy (non-hydrogen) atoms. The summed E-state index contributed by atoms with van der Waals surface area (Å²) in [6.07, 6.45) is 0.999. The van der Waals surface area contributed by atoms with Gasteiger partial charge in [-0.1, -0.05) is 29.8 Å². The van der Waals surface area contributed by atoms with Gasteiger partial charge in [0, 0.05) is 17.1 Å². The number of nitrogens with one attached hydrogen (secondary N) is 1. The number of benzene rings is 3. The van der Waals surface area contributed by atoms with Gasteiger partial charge in [0.1, 0.15) is 5.75 Å². The Morgan fingerprint density at radius 3 is 2.34 bits per heavy atom. The van der Waals surface area contributed by atoms with Crippen LogP contribution in [0.4, 0.5) is 17.1 Å². The van der Waals surface area contributed by atoms with Gasteiger partial charge in [0.15, 0.2) is 0 Å². The van der Waals surface area contributed by atoms with Crippen molar-refractivity contribution in [1.29, 1.82) is 0 Å². The molecule has 3 rings (SSSR count). The lowest BCUT2D eigenvalue weighted by molar-refractivity contribution is -0.116. The van der Waals surface area contributed by atoms with Crippen LogP contribution in [0.5, 0.6) is 5.75 Å². The molecule has 148 valence electrons. The number of aryl methyl sites for hydroxylation is 1. The maximum absolute atomic E-state index is 12.1. The monoisotopic (exact) mass is 407 g/mol. The summed E-state index contributed by atoms with van der Waals surface area (Å²) in [5.74, 6) is 0.732. The van der Waals surface area contributed by atoms with Gasteiger partial charge in [-0.3, -0.25) is 4.79 Å². The van der Waals surface area contributed by atoms with Gasteiger partial charge in [-0.15, -0.1) is 0 Å². The quantitative estimate of drug-likeness (QED) is 0.327. The first-order valence-corrected chi connectivity index (χ1v) is 9.73. The molecule has 0 saturated carbocycles. The number of hydrogen-bond donors (Lipinski definition) is 1. The number of carbonyl (C=O) groups is 1. The number of anilines is 1. The van der Waals surface area contributed by atoms with Gasteiger partial charge in [0.05, 0.1) is 18.0 Å². The number of halogens is 1. The van der Waals surface area contributed by atoms with Crippen LogP contribution >= 0.6 is 11.6 Å². The van der Waals surface area contributed by atoms with Crippen molar-refractivity contribution < 1.29 is 9.53 Å². The molecule has 3 aromatic carbocycles. The summed E-state index contributed by atoms with van der Waals surface area (Å²) in [7, 11) is 0. The second-order valence-corrected chi connectivity index (χ2v) is 6.93. The zero-order chi connectivity index (χ0) is 20.5. The third-order valence-electron chi connectivity index (χ3n) is 4.13. The lowest BCUT2D eigenvalue weighted by Crippen LogP contribution is -2.12. The van der Waals surface area contributed by atoms with Gasteiger partial charge < -0.3 is 10.1 Å². The number of ether oxygens (including phenoxy) is 1. The Kier molecular flexibility index (Phi) is 7.36. The van der Waals surface area contributed by atoms with E-state index in [4.69, 9.17) is 16.3 Å². The van der Waals surface area contributed by atoms with Crippen molar-refractivity contribution in [3.05, 3.63) is 83.4 Å². The molecule has 0 aliphatic carbocycles. The number of hydrogen-bond acceptors (Lipinski definition) is 4. The highest BCUT2D eigenvalue weighted by molar-refractivity contribution is 6.30. The number of amides is 1. The minimum atomic E-state index is -0.0555. The molecule has 0 aliphatic heterocycles. The number of carbonyl (C=O) groups excluding carboxylic acids is 1. The molecule has 0 atom stereocenters. The van der Waals surface area contributed by atoms with Gasteiger partial charge >= 0.3 is 0 Å². The van der Waals surface area contributed by atoms with E-state index in [0.29, 0.717) is 24.5 Å². The average Bonchev–Trinajstić information content (AvgIpc) is 2.73. The summed E-state index contributed by atoms with van der Waals surface area (Å²) in [5.41, 5.74) is 3.22. The Balaban J connectivity index is 1.41. The smallest absolute Gasteiger partial charge is 0.224 e. The van der Waals surface area contributed by atoms with Crippen LogP contribution in [0, 0.1) is 6.92 Å². The van der Waals surface area contributed by atoms with Crippen molar-refractivity contribution in [3.63, 3.8) is 0 Å². The van der Waals surface area contributed by atoms with Crippen molar-refractivity contribution in [1.82, 2.24) is 0 Å². The first-order valence-electron chi connectivity index (χ1n) is 9.36. The van der Waals surface area contributed by atoms with Crippen LogP contribution in [0.15, 0.2) is 83.0 Å². The molecule has 1 N–H and O–H groups in total. The fourth-order valence-corrected chi connectivity index (χ4v) is 2.86. The van der Waals surface area contributed by atoms with Crippen LogP contribution in [-0.4, -0.2) is 12.5 Å². The van der Waals surface area contributed by atoms with Gasteiger partial charge in [-0.05, 0) is 73.5 Å². The molecular formula is C23H22ClN3O2. The lowest BCUT2D eigenvalue weighted by Gasteiger charge is -2.09. The summed E-state index contributed by atoms with van der Waals surface area (Å²) in [4.78, 5) is 12.1. The second kappa shape index (κ2) is 10.4. The summed E-state index contributed by atoms with van der Waals surface area (Å²) >= 11 is 5.93. The van der Waals surface area contributed by atoms with E-state index in [2.05, 4.69) is 15.5 Å². The molecule has 0 saturated heterocycles. The summed E-state index contributed by atoms with van der Waals surface area (Å²) in [5, 5.41) is 11.9. The molecule has 5 nitrogen and oxygen atoms in total. The highest BCUT2D eigenvalue weighted by Gasteiger charge is 2.04. The van der Waals surface area contributed by atoms with Crippen molar-refractivity contribution >= 4 is 34.6 Å². The third-order valence-corrected chi connectivity index (χ3v) is 4.37. The molecule has 0 aliphatic rings. The van der Waals surface area contributed by atoms with Crippen LogP contribution in [0.3, 0.4) is 0 Å². The fraction of sp³-hybridized carbons (Fsp3) is 0.174. The SMILES string of the molecule is Cc1cc(Cl)ccc1OCCCC(=O)Nc1ccc(N=Nc2ccccc2)cc1. The topological polar surface area (TPSA) is 63.0 Å². The minimum Gasteiger partial charge on any atom is -0.493 e. The predicted molar refractivity (Wildman–Crippen MR) is 117 cm³/mol. The van der Waals surface area contributed by atoms with Crippen molar-refractivity contribution in [3.8, 4) is 5.75 Å². The van der Waals surface area contributed by atoms with Crippen molar-refractivity contribution in [2.24, 2.45) is 10.2 Å². The Morgan fingerprint density at radius 1 is 0.966 bits per heavy atom. The molecule has 3 aromatic rings. The fourth-order valence-electron chi connectivity index (χ4n) is 2.63. The molecule has 0 heterocycles. The van der Waals surface area contributed by atoms with Gasteiger partial charge in [0.25, 0.3) is 0 Å². The van der Waals surface area contributed by atoms with E-state index in [1.165, 1.54) is 0 Å². The molecule has 0 aromatic heterocycles. The van der Waals surface area contributed by atoms with Crippen molar-refractivity contribution in [2.75, 3.05) is 11.9 Å². The highest BCUT2D eigenvalue weighted by Crippen LogP contribution is 2.22. The molecule has 6 heteroatoms.